The predicted molar refractivity (Wildman–Crippen MR) is 89.2 cm³/mol. The summed E-state index contributed by atoms with van der Waals surface area (Å²) in [5.41, 5.74) is 1.61. The number of pyridine rings is 1. The van der Waals surface area contributed by atoms with Crippen molar-refractivity contribution in [2.24, 2.45) is 5.14 Å². The summed E-state index contributed by atoms with van der Waals surface area (Å²) in [4.78, 5) is 16.4. The first-order valence-corrected chi connectivity index (χ1v) is 8.79. The number of carbonyl (C=O) groups is 1. The number of carbonyl (C=O) groups excluding carboxylic acids is 1. The van der Waals surface area contributed by atoms with E-state index < -0.39 is 10.0 Å². The van der Waals surface area contributed by atoms with Crippen LogP contribution in [-0.2, 0) is 16.6 Å². The molecule has 1 amide bonds. The highest BCUT2D eigenvalue weighted by Gasteiger charge is 2.11. The Morgan fingerprint density at radius 2 is 1.88 bits per heavy atom. The number of nitrogens with two attached hydrogens (primary N) is 1. The fraction of sp³-hybridized carbons (Fsp3) is 0.0667. The number of sulfonamides is 1. The summed E-state index contributed by atoms with van der Waals surface area (Å²) in [6, 6.07) is 9.37. The van der Waals surface area contributed by atoms with Gasteiger partial charge < -0.3 is 9.72 Å². The zero-order valence-electron chi connectivity index (χ0n) is 12.3. The summed E-state index contributed by atoms with van der Waals surface area (Å²) in [6.45, 7) is 0.234. The van der Waals surface area contributed by atoms with Crippen molar-refractivity contribution in [2.45, 2.75) is 11.4 Å². The second kappa shape index (κ2) is 6.23. The van der Waals surface area contributed by atoms with Crippen molar-refractivity contribution >= 4 is 33.2 Å². The number of primary sulfonamides is 1. The summed E-state index contributed by atoms with van der Waals surface area (Å²) in [5.74, 6) is -0.342. The molecule has 0 radical (unpaired) electrons. The highest BCUT2D eigenvalue weighted by Crippen LogP contribution is 2.12. The van der Waals surface area contributed by atoms with Crippen molar-refractivity contribution < 1.29 is 13.2 Å². The van der Waals surface area contributed by atoms with Crippen molar-refractivity contribution in [3.8, 4) is 0 Å². The second-order valence-electron chi connectivity index (χ2n) is 5.11. The van der Waals surface area contributed by atoms with Crippen LogP contribution in [0.2, 0.25) is 5.02 Å². The van der Waals surface area contributed by atoms with E-state index in [4.69, 9.17) is 16.7 Å². The van der Waals surface area contributed by atoms with Gasteiger partial charge in [-0.25, -0.2) is 18.5 Å². The number of fused-ring (bicyclic) bond motifs is 1. The van der Waals surface area contributed by atoms with Gasteiger partial charge in [-0.3, -0.25) is 4.79 Å². The first-order chi connectivity index (χ1) is 11.3. The minimum atomic E-state index is -3.72. The molecule has 0 saturated carbocycles. The van der Waals surface area contributed by atoms with E-state index in [0.717, 1.165) is 5.56 Å². The third-order valence-electron chi connectivity index (χ3n) is 3.35. The fourth-order valence-electron chi connectivity index (χ4n) is 2.14. The predicted octanol–water partition coefficient (Wildman–Crippen LogP) is 1.57. The van der Waals surface area contributed by atoms with E-state index in [0.29, 0.717) is 10.7 Å². The molecule has 3 aromatic rings. The lowest BCUT2D eigenvalue weighted by atomic mass is 10.2. The van der Waals surface area contributed by atoms with Crippen LogP contribution in [0.15, 0.2) is 53.7 Å². The third-order valence-corrected chi connectivity index (χ3v) is 4.51. The Balaban J connectivity index is 1.70. The zero-order chi connectivity index (χ0) is 17.3. The Hall–Kier alpha value is -2.42. The molecule has 0 aliphatic carbocycles. The lowest BCUT2D eigenvalue weighted by molar-refractivity contribution is 0.0946. The van der Waals surface area contributed by atoms with Crippen LogP contribution in [0.25, 0.3) is 5.65 Å². The lowest BCUT2D eigenvalue weighted by Gasteiger charge is -2.04. The van der Waals surface area contributed by atoms with Crippen LogP contribution in [0.5, 0.6) is 0 Å². The van der Waals surface area contributed by atoms with Crippen LogP contribution in [0.1, 0.15) is 16.1 Å². The lowest BCUT2D eigenvalue weighted by Crippen LogP contribution is -2.23. The summed E-state index contributed by atoms with van der Waals surface area (Å²) in [6.07, 6.45) is 3.24. The highest BCUT2D eigenvalue weighted by molar-refractivity contribution is 7.89. The molecule has 0 atom stereocenters. The number of aromatic nitrogens is 2. The average molecular weight is 365 g/mol. The first kappa shape index (κ1) is 16.4. The fourth-order valence-corrected chi connectivity index (χ4v) is 2.83. The summed E-state index contributed by atoms with van der Waals surface area (Å²) in [7, 11) is -3.72. The van der Waals surface area contributed by atoms with Gasteiger partial charge in [-0.1, -0.05) is 23.7 Å². The maximum absolute atomic E-state index is 12.2. The number of rotatable bonds is 4. The first-order valence-electron chi connectivity index (χ1n) is 6.87. The van der Waals surface area contributed by atoms with E-state index in [2.05, 4.69) is 10.3 Å². The van der Waals surface area contributed by atoms with Gasteiger partial charge in [0.25, 0.3) is 5.91 Å². The van der Waals surface area contributed by atoms with Gasteiger partial charge in [0.1, 0.15) is 11.3 Å². The summed E-state index contributed by atoms with van der Waals surface area (Å²) < 4.78 is 24.0. The Morgan fingerprint density at radius 1 is 1.17 bits per heavy atom. The van der Waals surface area contributed by atoms with Gasteiger partial charge in [0.05, 0.1) is 9.92 Å². The number of amides is 1. The van der Waals surface area contributed by atoms with Crippen LogP contribution in [0, 0.1) is 0 Å². The zero-order valence-corrected chi connectivity index (χ0v) is 13.9. The van der Waals surface area contributed by atoms with Crippen molar-refractivity contribution in [1.82, 2.24) is 14.7 Å². The van der Waals surface area contributed by atoms with E-state index >= 15 is 0 Å². The number of nitrogens with zero attached hydrogens (tertiary/aromatic N) is 2. The van der Waals surface area contributed by atoms with Gasteiger partial charge in [-0.15, -0.1) is 0 Å². The molecular weight excluding hydrogens is 352 g/mol. The molecule has 0 fully saturated rings. The molecule has 9 heteroatoms. The van der Waals surface area contributed by atoms with Gasteiger partial charge >= 0.3 is 0 Å². The number of hydrogen-bond acceptors (Lipinski definition) is 4. The standard InChI is InChI=1S/C15H13ClN4O3S/c16-11-3-6-14-19-13(9-20(14)8-11)15(21)18-7-10-1-4-12(5-2-10)24(17,22)23/h1-6,8-9H,7H2,(H,18,21)(H2,17,22,23). The van der Waals surface area contributed by atoms with E-state index in [9.17, 15) is 13.2 Å². The molecule has 0 aliphatic heterocycles. The van der Waals surface area contributed by atoms with Gasteiger partial charge in [-0.05, 0) is 29.8 Å². The molecule has 7 nitrogen and oxygen atoms in total. The molecule has 3 N–H and O–H groups in total. The molecule has 3 rings (SSSR count). The number of nitrogens with one attached hydrogen (secondary N) is 1. The van der Waals surface area contributed by atoms with Gasteiger partial charge in [0, 0.05) is 18.9 Å². The van der Waals surface area contributed by atoms with Gasteiger partial charge in [-0.2, -0.15) is 0 Å². The molecular formula is C15H13ClN4O3S. The average Bonchev–Trinajstić information content (AvgIpc) is 2.95. The molecule has 2 aromatic heterocycles. The normalized spacial score (nSPS) is 11.6. The van der Waals surface area contributed by atoms with Crippen LogP contribution >= 0.6 is 11.6 Å². The Morgan fingerprint density at radius 3 is 2.54 bits per heavy atom. The maximum Gasteiger partial charge on any atom is 0.271 e. The van der Waals surface area contributed by atoms with Gasteiger partial charge in [0.2, 0.25) is 10.0 Å². The van der Waals surface area contributed by atoms with Crippen molar-refractivity contribution in [3.05, 3.63) is 65.1 Å². The second-order valence-corrected chi connectivity index (χ2v) is 7.11. The van der Waals surface area contributed by atoms with Gasteiger partial charge in [0.15, 0.2) is 0 Å². The van der Waals surface area contributed by atoms with E-state index in [1.54, 1.807) is 41.1 Å². The number of hydrogen-bond donors (Lipinski definition) is 2. The minimum Gasteiger partial charge on any atom is -0.347 e. The van der Waals surface area contributed by atoms with Crippen LogP contribution in [0.3, 0.4) is 0 Å². The van der Waals surface area contributed by atoms with Crippen molar-refractivity contribution in [1.29, 1.82) is 0 Å². The van der Waals surface area contributed by atoms with E-state index in [1.807, 2.05) is 0 Å². The van der Waals surface area contributed by atoms with Crippen molar-refractivity contribution in [3.63, 3.8) is 0 Å². The van der Waals surface area contributed by atoms with Crippen molar-refractivity contribution in [2.75, 3.05) is 0 Å². The highest BCUT2D eigenvalue weighted by atomic mass is 35.5. The Bertz CT molecular complexity index is 1010. The number of halogens is 1. The topological polar surface area (TPSA) is 107 Å². The molecule has 2 heterocycles. The molecule has 24 heavy (non-hydrogen) atoms. The number of imidazole rings is 1. The minimum absolute atomic E-state index is 0.0230. The number of benzene rings is 1. The SMILES string of the molecule is NS(=O)(=O)c1ccc(CNC(=O)c2cn3cc(Cl)ccc3n2)cc1. The molecule has 1 aromatic carbocycles. The molecule has 0 spiro atoms. The molecule has 124 valence electrons. The summed E-state index contributed by atoms with van der Waals surface area (Å²) >= 11 is 5.89. The Labute approximate surface area is 143 Å². The van der Waals surface area contributed by atoms with Crippen LogP contribution < -0.4 is 10.5 Å². The Kier molecular flexibility index (Phi) is 4.27. The largest absolute Gasteiger partial charge is 0.347 e. The molecule has 0 saturated heterocycles. The molecule has 0 unspecified atom stereocenters. The van der Waals surface area contributed by atoms with Crippen LogP contribution in [0.4, 0.5) is 0 Å². The van der Waals surface area contributed by atoms with E-state index in [1.165, 1.54) is 12.1 Å². The quantitative estimate of drug-likeness (QED) is 0.732. The monoisotopic (exact) mass is 364 g/mol. The molecule has 0 aliphatic rings. The summed E-state index contributed by atoms with van der Waals surface area (Å²) in [5, 5.41) is 8.30. The van der Waals surface area contributed by atoms with E-state index in [-0.39, 0.29) is 23.0 Å². The smallest absolute Gasteiger partial charge is 0.271 e. The van der Waals surface area contributed by atoms with Crippen LogP contribution in [-0.4, -0.2) is 23.7 Å². The maximum atomic E-state index is 12.2. The third kappa shape index (κ3) is 3.56. The molecule has 0 bridgehead atoms.